The number of hydrogen-bond acceptors (Lipinski definition) is 1. The minimum absolute atomic E-state index is 0.137. The van der Waals surface area contributed by atoms with Crippen LogP contribution in [0.2, 0.25) is 0 Å². The third-order valence-corrected chi connectivity index (χ3v) is 4.90. The number of rotatable bonds is 1. The summed E-state index contributed by atoms with van der Waals surface area (Å²) < 4.78 is 0. The third kappa shape index (κ3) is 1.79. The Kier molecular flexibility index (Phi) is 2.71. The first-order chi connectivity index (χ1) is 8.80. The van der Waals surface area contributed by atoms with Crippen molar-refractivity contribution in [1.82, 2.24) is 4.98 Å². The highest BCUT2D eigenvalue weighted by Crippen LogP contribution is 2.51. The molecule has 2 aliphatic carbocycles. The number of carbonyl (C=O) groups is 1. The molecule has 1 heterocycles. The molecule has 1 saturated carbocycles. The predicted molar refractivity (Wildman–Crippen MR) is 77.8 cm³/mol. The number of carbonyl (C=O) groups excluding carboxylic acids is 1. The van der Waals surface area contributed by atoms with Crippen molar-refractivity contribution in [3.63, 3.8) is 0 Å². The summed E-state index contributed by atoms with van der Waals surface area (Å²) in [6.07, 6.45) is 2.84. The van der Waals surface area contributed by atoms with Crippen LogP contribution in [0.3, 0.4) is 0 Å². The van der Waals surface area contributed by atoms with Gasteiger partial charge in [0.1, 0.15) is 5.78 Å². The maximum Gasteiger partial charge on any atom is 0.136 e. The van der Waals surface area contributed by atoms with E-state index in [1.165, 1.54) is 22.5 Å². The van der Waals surface area contributed by atoms with Crippen LogP contribution in [0.4, 0.5) is 0 Å². The van der Waals surface area contributed by atoms with E-state index in [2.05, 4.69) is 39.6 Å². The molecule has 104 valence electrons. The number of nitrogens with one attached hydrogen (secondary N) is 1. The predicted octanol–water partition coefficient (Wildman–Crippen LogP) is 4.05. The molecule has 2 unspecified atom stereocenters. The number of fused-ring (bicyclic) bond motifs is 3. The Labute approximate surface area is 116 Å². The lowest BCUT2D eigenvalue weighted by atomic mass is 9.84. The van der Waals surface area contributed by atoms with Crippen molar-refractivity contribution in [1.29, 1.82) is 0 Å². The summed E-state index contributed by atoms with van der Waals surface area (Å²) in [6.45, 7) is 11.3. The van der Waals surface area contributed by atoms with Crippen molar-refractivity contribution in [3.8, 4) is 0 Å². The van der Waals surface area contributed by atoms with E-state index in [-0.39, 0.29) is 11.3 Å². The molecule has 2 nitrogen and oxygen atoms in total. The first-order valence-corrected chi connectivity index (χ1v) is 7.58. The van der Waals surface area contributed by atoms with Crippen LogP contribution < -0.4 is 0 Å². The molecule has 1 fully saturated rings. The van der Waals surface area contributed by atoms with Gasteiger partial charge in [-0.15, -0.1) is 0 Å². The molecule has 0 saturated heterocycles. The average molecular weight is 259 g/mol. The van der Waals surface area contributed by atoms with E-state index < -0.39 is 0 Å². The minimum Gasteiger partial charge on any atom is -0.361 e. The van der Waals surface area contributed by atoms with Crippen LogP contribution in [0.25, 0.3) is 0 Å². The number of ketones is 1. The molecule has 0 spiro atoms. The highest BCUT2D eigenvalue weighted by Gasteiger charge is 2.46. The fourth-order valence-electron chi connectivity index (χ4n) is 4.02. The largest absolute Gasteiger partial charge is 0.361 e. The first-order valence-electron chi connectivity index (χ1n) is 7.58. The number of H-pyrrole nitrogens is 1. The summed E-state index contributed by atoms with van der Waals surface area (Å²) in [6, 6.07) is 0. The summed E-state index contributed by atoms with van der Waals surface area (Å²) in [5.41, 5.74) is 5.88. The van der Waals surface area contributed by atoms with Gasteiger partial charge in [0, 0.05) is 29.1 Å². The quantitative estimate of drug-likeness (QED) is 0.810. The second-order valence-electron chi connectivity index (χ2n) is 7.63. The van der Waals surface area contributed by atoms with E-state index in [0.717, 1.165) is 19.3 Å². The molecule has 3 rings (SSSR count). The highest BCUT2D eigenvalue weighted by atomic mass is 16.1. The summed E-state index contributed by atoms with van der Waals surface area (Å²) in [4.78, 5) is 15.8. The van der Waals surface area contributed by atoms with Crippen LogP contribution in [0.1, 0.15) is 81.8 Å². The standard InChI is InChI=1S/C17H25NO/c1-9(2)15-12-8-11-10(6-7-13(11)19)14(12)16(18-15)17(3,4)5/h9-11,18H,6-8H2,1-5H3. The van der Waals surface area contributed by atoms with Crippen molar-refractivity contribution >= 4 is 5.78 Å². The van der Waals surface area contributed by atoms with Crippen molar-refractivity contribution < 1.29 is 4.79 Å². The zero-order chi connectivity index (χ0) is 13.9. The molecular weight excluding hydrogens is 234 g/mol. The van der Waals surface area contributed by atoms with E-state index in [1.807, 2.05) is 0 Å². The molecule has 1 aromatic rings. The van der Waals surface area contributed by atoms with E-state index in [0.29, 0.717) is 17.6 Å². The SMILES string of the molecule is CC(C)c1[nH]c(C(C)(C)C)c2c1CC1C(=O)CCC21. The summed E-state index contributed by atoms with van der Waals surface area (Å²) >= 11 is 0. The van der Waals surface area contributed by atoms with E-state index in [4.69, 9.17) is 0 Å². The average Bonchev–Trinajstić information content (AvgIpc) is 2.88. The molecule has 0 bridgehead atoms. The van der Waals surface area contributed by atoms with Gasteiger partial charge in [0.2, 0.25) is 0 Å². The van der Waals surface area contributed by atoms with Crippen molar-refractivity contribution in [3.05, 3.63) is 22.5 Å². The maximum atomic E-state index is 12.1. The summed E-state index contributed by atoms with van der Waals surface area (Å²) in [5.74, 6) is 1.80. The normalized spacial score (nSPS) is 26.1. The monoisotopic (exact) mass is 259 g/mol. The molecule has 0 radical (unpaired) electrons. The Morgan fingerprint density at radius 1 is 1.21 bits per heavy atom. The van der Waals surface area contributed by atoms with E-state index in [9.17, 15) is 4.79 Å². The number of aromatic amines is 1. The summed E-state index contributed by atoms with van der Waals surface area (Å²) in [7, 11) is 0. The van der Waals surface area contributed by atoms with Gasteiger partial charge in [-0.2, -0.15) is 0 Å². The maximum absolute atomic E-state index is 12.1. The minimum atomic E-state index is 0.137. The molecule has 0 amide bonds. The fraction of sp³-hybridized carbons (Fsp3) is 0.706. The number of Topliss-reactive ketones (excluding diaryl/α,β-unsaturated/α-hetero) is 1. The van der Waals surface area contributed by atoms with Gasteiger partial charge in [-0.05, 0) is 35.8 Å². The van der Waals surface area contributed by atoms with Crippen LogP contribution in [0.15, 0.2) is 0 Å². The van der Waals surface area contributed by atoms with Gasteiger partial charge in [-0.1, -0.05) is 34.6 Å². The van der Waals surface area contributed by atoms with Gasteiger partial charge in [0.25, 0.3) is 0 Å². The van der Waals surface area contributed by atoms with Crippen molar-refractivity contribution in [2.45, 2.75) is 71.1 Å². The molecular formula is C17H25NO. The van der Waals surface area contributed by atoms with Gasteiger partial charge in [-0.3, -0.25) is 4.79 Å². The zero-order valence-electron chi connectivity index (χ0n) is 12.8. The Morgan fingerprint density at radius 3 is 2.47 bits per heavy atom. The van der Waals surface area contributed by atoms with Crippen LogP contribution in [-0.2, 0) is 16.6 Å². The smallest absolute Gasteiger partial charge is 0.136 e. The Hall–Kier alpha value is -1.05. The van der Waals surface area contributed by atoms with Crippen LogP contribution in [0.5, 0.6) is 0 Å². The zero-order valence-corrected chi connectivity index (χ0v) is 12.8. The Balaban J connectivity index is 2.16. The van der Waals surface area contributed by atoms with Gasteiger partial charge in [0.05, 0.1) is 0 Å². The molecule has 2 atom stereocenters. The van der Waals surface area contributed by atoms with E-state index in [1.54, 1.807) is 0 Å². The fourth-order valence-corrected chi connectivity index (χ4v) is 4.02. The topological polar surface area (TPSA) is 32.9 Å². The lowest BCUT2D eigenvalue weighted by Crippen LogP contribution is -2.17. The molecule has 1 aromatic heterocycles. The Bertz CT molecular complexity index is 530. The molecule has 0 aromatic carbocycles. The van der Waals surface area contributed by atoms with Gasteiger partial charge in [0.15, 0.2) is 0 Å². The van der Waals surface area contributed by atoms with Crippen molar-refractivity contribution in [2.75, 3.05) is 0 Å². The third-order valence-electron chi connectivity index (χ3n) is 4.90. The molecule has 0 aliphatic heterocycles. The molecule has 2 aliphatic rings. The molecule has 1 N–H and O–H groups in total. The summed E-state index contributed by atoms with van der Waals surface area (Å²) in [5, 5.41) is 0. The number of hydrogen-bond donors (Lipinski definition) is 1. The van der Waals surface area contributed by atoms with Gasteiger partial charge in [-0.25, -0.2) is 0 Å². The molecule has 2 heteroatoms. The van der Waals surface area contributed by atoms with Gasteiger partial charge < -0.3 is 4.98 Å². The lowest BCUT2D eigenvalue weighted by molar-refractivity contribution is -0.120. The molecule has 19 heavy (non-hydrogen) atoms. The van der Waals surface area contributed by atoms with Crippen LogP contribution >= 0.6 is 0 Å². The highest BCUT2D eigenvalue weighted by molar-refractivity contribution is 5.86. The second kappa shape index (κ2) is 3.97. The lowest BCUT2D eigenvalue weighted by Gasteiger charge is -2.22. The van der Waals surface area contributed by atoms with Crippen LogP contribution in [0, 0.1) is 5.92 Å². The van der Waals surface area contributed by atoms with Gasteiger partial charge >= 0.3 is 0 Å². The van der Waals surface area contributed by atoms with E-state index >= 15 is 0 Å². The van der Waals surface area contributed by atoms with Crippen molar-refractivity contribution in [2.24, 2.45) is 5.92 Å². The Morgan fingerprint density at radius 2 is 1.89 bits per heavy atom. The number of aromatic nitrogens is 1. The second-order valence-corrected chi connectivity index (χ2v) is 7.63. The first kappa shape index (κ1) is 13.0. The van der Waals surface area contributed by atoms with Crippen LogP contribution in [-0.4, -0.2) is 10.8 Å².